The highest BCUT2D eigenvalue weighted by molar-refractivity contribution is 8.00. The summed E-state index contributed by atoms with van der Waals surface area (Å²) in [6.45, 7) is 3.99. The quantitative estimate of drug-likeness (QED) is 0.167. The fraction of sp³-hybridized carbons (Fsp3) is 0.333. The molecule has 2 aromatic rings. The first-order valence-corrected chi connectivity index (χ1v) is 14.6. The van der Waals surface area contributed by atoms with Crippen LogP contribution < -0.4 is 5.73 Å². The van der Waals surface area contributed by atoms with E-state index in [1.54, 1.807) is 0 Å². The summed E-state index contributed by atoms with van der Waals surface area (Å²) >= 11 is 8.40. The minimum atomic E-state index is -1.70. The number of allylic oxidation sites excluding steroid dienone is 2. The molecule has 3 heterocycles. The molecular formula is C27H27ClN4O6S2. The first-order valence-electron chi connectivity index (χ1n) is 12.2. The second-order valence-electron chi connectivity index (χ2n) is 9.70. The molecule has 0 radical (unpaired) electrons. The molecule has 13 heteroatoms. The van der Waals surface area contributed by atoms with Crippen molar-refractivity contribution in [2.45, 2.75) is 44.0 Å². The molecular weight excluding hydrogens is 576 g/mol. The highest BCUT2D eigenvalue weighted by atomic mass is 35.5. The van der Waals surface area contributed by atoms with Crippen molar-refractivity contribution in [3.63, 3.8) is 0 Å². The number of benzene rings is 1. The summed E-state index contributed by atoms with van der Waals surface area (Å²) in [6, 6.07) is 7.69. The van der Waals surface area contributed by atoms with Gasteiger partial charge in [-0.1, -0.05) is 41.6 Å². The predicted molar refractivity (Wildman–Crippen MR) is 155 cm³/mol. The Morgan fingerprint density at radius 1 is 1.27 bits per heavy atom. The number of carbonyl (C=O) groups excluding carboxylic acids is 3. The number of oxime groups is 1. The highest BCUT2D eigenvalue weighted by Gasteiger charge is 2.53. The summed E-state index contributed by atoms with van der Waals surface area (Å²) in [5, 5.41) is 14.4. The van der Waals surface area contributed by atoms with Crippen LogP contribution in [0.25, 0.3) is 6.08 Å². The van der Waals surface area contributed by atoms with Crippen LogP contribution in [0.15, 0.2) is 52.1 Å². The number of carboxylic acids is 1. The van der Waals surface area contributed by atoms with Crippen LogP contribution in [0, 0.1) is 5.92 Å². The molecule has 1 aromatic carbocycles. The predicted octanol–water partition coefficient (Wildman–Crippen LogP) is 4.10. The number of β-lactam (4-membered cyclic amide) rings is 1. The van der Waals surface area contributed by atoms with Crippen molar-refractivity contribution in [1.29, 1.82) is 0 Å². The van der Waals surface area contributed by atoms with Crippen LogP contribution in [0.1, 0.15) is 44.0 Å². The summed E-state index contributed by atoms with van der Waals surface area (Å²) in [4.78, 5) is 61.4. The lowest BCUT2D eigenvalue weighted by molar-refractivity contribution is -0.161. The summed E-state index contributed by atoms with van der Waals surface area (Å²) in [6.07, 6.45) is 3.49. The van der Waals surface area contributed by atoms with Crippen LogP contribution >= 0.6 is 34.7 Å². The number of hydrogen-bond donors (Lipinski definition) is 2. The Morgan fingerprint density at radius 2 is 1.98 bits per heavy atom. The van der Waals surface area contributed by atoms with Crippen molar-refractivity contribution in [2.75, 3.05) is 11.5 Å². The monoisotopic (exact) mass is 602 g/mol. The van der Waals surface area contributed by atoms with E-state index in [9.17, 15) is 24.3 Å². The van der Waals surface area contributed by atoms with Crippen molar-refractivity contribution < 1.29 is 29.1 Å². The van der Waals surface area contributed by atoms with Crippen molar-refractivity contribution in [2.24, 2.45) is 11.1 Å². The number of aliphatic carboxylic acids is 1. The topological polar surface area (TPSA) is 152 Å². The third-order valence-electron chi connectivity index (χ3n) is 6.37. The van der Waals surface area contributed by atoms with Gasteiger partial charge < -0.3 is 15.7 Å². The lowest BCUT2D eigenvalue weighted by Gasteiger charge is -2.49. The van der Waals surface area contributed by atoms with Crippen molar-refractivity contribution in [3.8, 4) is 0 Å². The fourth-order valence-electron chi connectivity index (χ4n) is 4.11. The van der Waals surface area contributed by atoms with Crippen LogP contribution in [0.3, 0.4) is 0 Å². The molecule has 1 saturated heterocycles. The molecule has 210 valence electrons. The highest BCUT2D eigenvalue weighted by Crippen LogP contribution is 2.45. The van der Waals surface area contributed by atoms with Gasteiger partial charge in [-0.3, -0.25) is 19.3 Å². The SMILES string of the molecule is CC(=O)C1=C(C=Cc2ccc(CCl)cc2)CS[C@@H]2[C@H](CC(=O)/C(=N\OC(C)(C)C(=O)O)c3csc(N)n3)C(=O)N12. The van der Waals surface area contributed by atoms with Crippen LogP contribution in [-0.4, -0.2) is 60.9 Å². The lowest BCUT2D eigenvalue weighted by Crippen LogP contribution is -2.61. The smallest absolute Gasteiger partial charge is 0.350 e. The van der Waals surface area contributed by atoms with E-state index in [1.807, 2.05) is 36.4 Å². The molecule has 0 aliphatic carbocycles. The summed E-state index contributed by atoms with van der Waals surface area (Å²) in [7, 11) is 0. The van der Waals surface area contributed by atoms with Crippen LogP contribution in [0.5, 0.6) is 0 Å². The Morgan fingerprint density at radius 3 is 2.55 bits per heavy atom. The van der Waals surface area contributed by atoms with E-state index < -0.39 is 28.6 Å². The number of carbonyl (C=O) groups is 4. The maximum atomic E-state index is 13.3. The minimum absolute atomic E-state index is 0.129. The zero-order valence-electron chi connectivity index (χ0n) is 21.9. The molecule has 4 rings (SSSR count). The van der Waals surface area contributed by atoms with Gasteiger partial charge in [0.1, 0.15) is 5.69 Å². The van der Waals surface area contributed by atoms with E-state index in [2.05, 4.69) is 10.1 Å². The minimum Gasteiger partial charge on any atom is -0.478 e. The van der Waals surface area contributed by atoms with Crippen molar-refractivity contribution in [3.05, 3.63) is 63.8 Å². The van der Waals surface area contributed by atoms with Gasteiger partial charge in [-0.2, -0.15) is 0 Å². The Bertz CT molecular complexity index is 1450. The number of fused-ring (bicyclic) bond motifs is 1. The number of carboxylic acid groups (broad SMARTS) is 1. The van der Waals surface area contributed by atoms with Gasteiger partial charge in [-0.05, 0) is 30.5 Å². The average molecular weight is 603 g/mol. The van der Waals surface area contributed by atoms with Gasteiger partial charge in [0.2, 0.25) is 11.5 Å². The second-order valence-corrected chi connectivity index (χ2v) is 12.0. The van der Waals surface area contributed by atoms with Crippen LogP contribution in [-0.2, 0) is 29.9 Å². The summed E-state index contributed by atoms with van der Waals surface area (Å²) < 4.78 is 0. The third kappa shape index (κ3) is 6.13. The molecule has 1 aromatic heterocycles. The Balaban J connectivity index is 1.54. The first kappa shape index (κ1) is 29.5. The number of thiazole rings is 1. The van der Waals surface area contributed by atoms with Gasteiger partial charge in [0.25, 0.3) is 0 Å². The van der Waals surface area contributed by atoms with Crippen molar-refractivity contribution in [1.82, 2.24) is 9.88 Å². The van der Waals surface area contributed by atoms with E-state index in [1.165, 1.54) is 42.8 Å². The van der Waals surface area contributed by atoms with E-state index in [-0.39, 0.29) is 34.6 Å². The number of nitrogens with zero attached hydrogens (tertiary/aromatic N) is 3. The van der Waals surface area contributed by atoms with Gasteiger partial charge >= 0.3 is 5.97 Å². The van der Waals surface area contributed by atoms with Crippen molar-refractivity contribution >= 4 is 75.1 Å². The molecule has 1 fully saturated rings. The molecule has 1 amide bonds. The molecule has 3 N–H and O–H groups in total. The number of rotatable bonds is 11. The van der Waals surface area contributed by atoms with Gasteiger partial charge in [0.05, 0.1) is 17.0 Å². The van der Waals surface area contributed by atoms with E-state index in [0.717, 1.165) is 28.0 Å². The summed E-state index contributed by atoms with van der Waals surface area (Å²) in [5.74, 6) is -2.23. The number of halogens is 1. The largest absolute Gasteiger partial charge is 0.478 e. The molecule has 2 aliphatic heterocycles. The maximum Gasteiger partial charge on any atom is 0.350 e. The number of anilines is 1. The molecule has 2 aliphatic rings. The second kappa shape index (κ2) is 11.9. The lowest BCUT2D eigenvalue weighted by atomic mass is 9.88. The zero-order chi connectivity index (χ0) is 29.2. The number of Topliss-reactive ketones (excluding diaryl/α,β-unsaturated/α-hetero) is 2. The number of nitrogen functional groups attached to an aromatic ring is 1. The molecule has 0 spiro atoms. The molecule has 0 unspecified atom stereocenters. The average Bonchev–Trinajstić information content (AvgIpc) is 3.35. The normalized spacial score (nSPS) is 19.4. The number of ketones is 2. The number of alkyl halides is 1. The van der Waals surface area contributed by atoms with E-state index >= 15 is 0 Å². The van der Waals surface area contributed by atoms with E-state index in [0.29, 0.717) is 17.3 Å². The number of thioether (sulfide) groups is 1. The third-order valence-corrected chi connectivity index (χ3v) is 8.71. The summed E-state index contributed by atoms with van der Waals surface area (Å²) in [5.41, 5.74) is 6.89. The molecule has 2 atom stereocenters. The van der Waals surface area contributed by atoms with Gasteiger partial charge in [0.15, 0.2) is 22.4 Å². The maximum absolute atomic E-state index is 13.3. The fourth-order valence-corrected chi connectivity index (χ4v) is 6.22. The number of amides is 1. The standard InChI is InChI=1S/C27H27ClN4O6S2/c1-14(33)22-17(9-8-15-4-6-16(11-28)7-5-15)12-39-24-18(23(35)32(22)24)10-20(34)21(19-13-40-26(29)30-19)31-38-27(2,3)25(36)37/h4-9,13,18,24H,10-12H2,1-3H3,(H2,29,30)(H,36,37)/b9-8?,31-21-/t18-,24-/m1/s1. The Hall–Kier alpha value is -3.48. The molecule has 0 bridgehead atoms. The Kier molecular flexibility index (Phi) is 8.81. The molecule has 40 heavy (non-hydrogen) atoms. The molecule has 10 nitrogen and oxygen atoms in total. The van der Waals surface area contributed by atoms with Gasteiger partial charge in [0, 0.05) is 30.4 Å². The van der Waals surface area contributed by atoms with Gasteiger partial charge in [-0.15, -0.1) is 34.7 Å². The van der Waals surface area contributed by atoms with Gasteiger partial charge in [-0.25, -0.2) is 9.78 Å². The number of nitrogens with two attached hydrogens (primary N) is 1. The number of aromatic nitrogens is 1. The van der Waals surface area contributed by atoms with Crippen LogP contribution in [0.2, 0.25) is 0 Å². The zero-order valence-corrected chi connectivity index (χ0v) is 24.3. The van der Waals surface area contributed by atoms with Crippen LogP contribution in [0.4, 0.5) is 5.13 Å². The number of hydrogen-bond acceptors (Lipinski definition) is 10. The van der Waals surface area contributed by atoms with E-state index in [4.69, 9.17) is 22.2 Å². The molecule has 0 saturated carbocycles. The Labute approximate surface area is 243 Å². The first-order chi connectivity index (χ1) is 18.9.